The van der Waals surface area contributed by atoms with Crippen LogP contribution in [-0.2, 0) is 11.3 Å². The second-order valence-corrected chi connectivity index (χ2v) is 5.70. The number of hydrogen-bond acceptors (Lipinski definition) is 7. The molecule has 0 saturated heterocycles. The molecule has 0 aliphatic heterocycles. The monoisotopic (exact) mass is 375 g/mol. The van der Waals surface area contributed by atoms with E-state index in [4.69, 9.17) is 14.2 Å². The molecule has 1 atom stereocenters. The lowest BCUT2D eigenvalue weighted by atomic mass is 10.2. The molecular formula is C18H21N3O6. The van der Waals surface area contributed by atoms with Crippen molar-refractivity contribution in [2.45, 2.75) is 26.5 Å². The van der Waals surface area contributed by atoms with Gasteiger partial charge in [-0.1, -0.05) is 6.07 Å². The zero-order valence-corrected chi connectivity index (χ0v) is 15.5. The van der Waals surface area contributed by atoms with E-state index in [0.717, 1.165) is 5.56 Å². The first kappa shape index (κ1) is 20.0. The molecule has 0 radical (unpaired) electrons. The third-order valence-electron chi connectivity index (χ3n) is 3.74. The van der Waals surface area contributed by atoms with Gasteiger partial charge in [-0.25, -0.2) is 0 Å². The molecule has 2 aromatic rings. The van der Waals surface area contributed by atoms with Gasteiger partial charge in [-0.3, -0.25) is 4.79 Å². The van der Waals surface area contributed by atoms with Gasteiger partial charge in [0.2, 0.25) is 5.75 Å². The number of carbonyl (C=O) groups is 1. The number of amides is 1. The van der Waals surface area contributed by atoms with E-state index in [-0.39, 0.29) is 12.3 Å². The number of rotatable bonds is 8. The Morgan fingerprint density at radius 3 is 2.48 bits per heavy atom. The van der Waals surface area contributed by atoms with Gasteiger partial charge in [0, 0.05) is 13.5 Å². The van der Waals surface area contributed by atoms with Crippen molar-refractivity contribution in [3.8, 4) is 17.2 Å². The van der Waals surface area contributed by atoms with E-state index in [1.54, 1.807) is 31.2 Å². The van der Waals surface area contributed by atoms with E-state index >= 15 is 0 Å². The molecule has 0 aliphatic rings. The van der Waals surface area contributed by atoms with Crippen LogP contribution in [0.1, 0.15) is 18.2 Å². The van der Waals surface area contributed by atoms with Crippen LogP contribution in [-0.4, -0.2) is 36.1 Å². The molecule has 0 unspecified atom stereocenters. The molecule has 27 heavy (non-hydrogen) atoms. The normalized spacial score (nSPS) is 11.4. The third kappa shape index (κ3) is 5.06. The van der Waals surface area contributed by atoms with Gasteiger partial charge in [-0.05, 0) is 46.7 Å². The molecule has 1 N–H and O–H groups in total. The average molecular weight is 375 g/mol. The summed E-state index contributed by atoms with van der Waals surface area (Å²) in [5.41, 5.74) is 1.29. The first-order valence-electron chi connectivity index (χ1n) is 8.13. The van der Waals surface area contributed by atoms with Gasteiger partial charge in [0.05, 0.1) is 14.2 Å². The number of nitrogens with zero attached hydrogens (tertiary/aromatic N) is 2. The highest BCUT2D eigenvalue weighted by molar-refractivity contribution is 5.80. The number of carbonyl (C=O) groups excluding carboxylic acids is 1. The molecule has 9 heteroatoms. The minimum atomic E-state index is -0.937. The first-order valence-corrected chi connectivity index (χ1v) is 8.13. The van der Waals surface area contributed by atoms with Gasteiger partial charge in [-0.15, -0.1) is 0 Å². The Labute approximate surface area is 156 Å². The Morgan fingerprint density at radius 1 is 1.19 bits per heavy atom. The van der Waals surface area contributed by atoms with E-state index in [1.165, 1.54) is 27.2 Å². The molecule has 0 spiro atoms. The number of ether oxygens (including phenoxy) is 3. The lowest BCUT2D eigenvalue weighted by Crippen LogP contribution is -2.36. The topological polar surface area (TPSA) is 113 Å². The Balaban J connectivity index is 2.01. The van der Waals surface area contributed by atoms with Crippen molar-refractivity contribution in [3.63, 3.8) is 0 Å². The van der Waals surface area contributed by atoms with Gasteiger partial charge >= 0.3 is 5.82 Å². The van der Waals surface area contributed by atoms with Crippen LogP contribution in [0.25, 0.3) is 0 Å². The van der Waals surface area contributed by atoms with E-state index in [9.17, 15) is 14.9 Å². The van der Waals surface area contributed by atoms with Crippen molar-refractivity contribution < 1.29 is 23.9 Å². The lowest BCUT2D eigenvalue weighted by Gasteiger charge is -2.15. The fourth-order valence-electron chi connectivity index (χ4n) is 2.32. The number of aryl methyl sites for hydroxylation is 1. The highest BCUT2D eigenvalue weighted by Gasteiger charge is 2.22. The van der Waals surface area contributed by atoms with Crippen LogP contribution in [0.15, 0.2) is 30.3 Å². The zero-order chi connectivity index (χ0) is 20.0. The number of methoxy groups -OCH3 is 2. The smallest absolute Gasteiger partial charge is 0.406 e. The van der Waals surface area contributed by atoms with Crippen LogP contribution in [0.4, 0.5) is 5.82 Å². The molecule has 0 fully saturated rings. The standard InChI is InChI=1S/C18H21N3O6/c1-11-5-7-15(17(20-11)21(23)24)27-12(2)18(22)19-10-13-6-8-14(25-3)16(9-13)26-4/h5-9,12H,10H2,1-4H3,(H,19,22)/t12-/m1/s1. The van der Waals surface area contributed by atoms with E-state index in [1.807, 2.05) is 0 Å². The van der Waals surface area contributed by atoms with Gasteiger partial charge in [0.15, 0.2) is 17.6 Å². The lowest BCUT2D eigenvalue weighted by molar-refractivity contribution is -0.390. The summed E-state index contributed by atoms with van der Waals surface area (Å²) in [7, 11) is 3.07. The number of aromatic nitrogens is 1. The zero-order valence-electron chi connectivity index (χ0n) is 15.5. The van der Waals surface area contributed by atoms with E-state index in [2.05, 4.69) is 10.3 Å². The second kappa shape index (κ2) is 8.84. The summed E-state index contributed by atoms with van der Waals surface area (Å²) in [6.45, 7) is 3.38. The Morgan fingerprint density at radius 2 is 1.85 bits per heavy atom. The number of benzene rings is 1. The van der Waals surface area contributed by atoms with Crippen molar-refractivity contribution in [1.29, 1.82) is 0 Å². The van der Waals surface area contributed by atoms with Crippen molar-refractivity contribution >= 4 is 11.7 Å². The third-order valence-corrected chi connectivity index (χ3v) is 3.74. The average Bonchev–Trinajstić information content (AvgIpc) is 2.66. The summed E-state index contributed by atoms with van der Waals surface area (Å²) in [4.78, 5) is 26.5. The van der Waals surface area contributed by atoms with Crippen LogP contribution >= 0.6 is 0 Å². The Bertz CT molecular complexity index is 840. The summed E-state index contributed by atoms with van der Waals surface area (Å²) < 4.78 is 15.8. The SMILES string of the molecule is COc1ccc(CNC(=O)[C@@H](C)Oc2ccc(C)nc2[N+](=O)[O-])cc1OC. The van der Waals surface area contributed by atoms with Gasteiger partial charge < -0.3 is 29.6 Å². The maximum Gasteiger partial charge on any atom is 0.406 e. The van der Waals surface area contributed by atoms with Crippen LogP contribution in [0.2, 0.25) is 0 Å². The number of nitro groups is 1. The number of hydrogen-bond donors (Lipinski definition) is 1. The summed E-state index contributed by atoms with van der Waals surface area (Å²) in [5, 5.41) is 13.8. The molecular weight excluding hydrogens is 354 g/mol. The van der Waals surface area contributed by atoms with Crippen molar-refractivity contribution in [2.24, 2.45) is 0 Å². The summed E-state index contributed by atoms with van der Waals surface area (Å²) in [6.07, 6.45) is -0.937. The molecule has 1 aromatic carbocycles. The molecule has 1 heterocycles. The minimum Gasteiger partial charge on any atom is -0.493 e. The van der Waals surface area contributed by atoms with Crippen LogP contribution in [0, 0.1) is 17.0 Å². The largest absolute Gasteiger partial charge is 0.493 e. The first-order chi connectivity index (χ1) is 12.8. The van der Waals surface area contributed by atoms with Crippen molar-refractivity contribution in [3.05, 3.63) is 51.7 Å². The Kier molecular flexibility index (Phi) is 6.53. The molecule has 2 rings (SSSR count). The minimum absolute atomic E-state index is 0.0561. The molecule has 1 aromatic heterocycles. The highest BCUT2D eigenvalue weighted by Crippen LogP contribution is 2.28. The van der Waals surface area contributed by atoms with Crippen LogP contribution in [0.3, 0.4) is 0 Å². The predicted octanol–water partition coefficient (Wildman–Crippen LogP) is 2.40. The van der Waals surface area contributed by atoms with Crippen LogP contribution in [0.5, 0.6) is 17.2 Å². The van der Waals surface area contributed by atoms with E-state index < -0.39 is 22.8 Å². The predicted molar refractivity (Wildman–Crippen MR) is 97.1 cm³/mol. The Hall–Kier alpha value is -3.36. The van der Waals surface area contributed by atoms with Gasteiger partial charge in [0.25, 0.3) is 5.91 Å². The second-order valence-electron chi connectivity index (χ2n) is 5.70. The molecule has 0 bridgehead atoms. The van der Waals surface area contributed by atoms with Crippen molar-refractivity contribution in [1.82, 2.24) is 10.3 Å². The summed E-state index contributed by atoms with van der Waals surface area (Å²) >= 11 is 0. The maximum atomic E-state index is 12.3. The molecule has 0 aliphatic carbocycles. The summed E-state index contributed by atoms with van der Waals surface area (Å²) in [5.74, 6) is 0.243. The quantitative estimate of drug-likeness (QED) is 0.557. The molecule has 9 nitrogen and oxygen atoms in total. The van der Waals surface area contributed by atoms with Crippen LogP contribution < -0.4 is 19.5 Å². The molecule has 0 saturated carbocycles. The van der Waals surface area contributed by atoms with Crippen molar-refractivity contribution in [2.75, 3.05) is 14.2 Å². The number of nitrogens with one attached hydrogen (secondary N) is 1. The van der Waals surface area contributed by atoms with Gasteiger partial charge in [0.1, 0.15) is 5.69 Å². The van der Waals surface area contributed by atoms with Gasteiger partial charge in [-0.2, -0.15) is 0 Å². The highest BCUT2D eigenvalue weighted by atomic mass is 16.6. The number of pyridine rings is 1. The summed E-state index contributed by atoms with van der Waals surface area (Å²) in [6, 6.07) is 8.29. The molecule has 144 valence electrons. The molecule has 1 amide bonds. The van der Waals surface area contributed by atoms with E-state index in [0.29, 0.717) is 17.2 Å². The maximum absolute atomic E-state index is 12.3. The fraction of sp³-hybridized carbons (Fsp3) is 0.333. The fourth-order valence-corrected chi connectivity index (χ4v) is 2.32.